The zero-order valence-corrected chi connectivity index (χ0v) is 17.1. The average molecular weight is 324 g/mol. The van der Waals surface area contributed by atoms with E-state index in [1.165, 1.54) is 18.9 Å². The molecule has 0 saturated carbocycles. The molecule has 1 amide bonds. The second-order valence-electron chi connectivity index (χ2n) is 4.25. The molecule has 0 aliphatic carbocycles. The summed E-state index contributed by atoms with van der Waals surface area (Å²) in [6.07, 6.45) is -0.674. The molecule has 0 bridgehead atoms. The van der Waals surface area contributed by atoms with Crippen molar-refractivity contribution in [1.82, 2.24) is 0 Å². The number of likely N-dealkylation sites (N-methyl/N-ethyl adjacent to an activating group) is 1. The van der Waals surface area contributed by atoms with Crippen LogP contribution in [0.25, 0.3) is 0 Å². The summed E-state index contributed by atoms with van der Waals surface area (Å²) in [6, 6.07) is 4.97. The molecule has 0 heterocycles. The molecule has 1 N–H and O–H groups in total. The molecule has 1 rings (SSSR count). The number of nitrogens with zero attached hydrogens (tertiary/aromatic N) is 1. The number of benzene rings is 1. The molecule has 0 spiro atoms. The number of hydrogen-bond acceptors (Lipinski definition) is 6. The van der Waals surface area contributed by atoms with Crippen LogP contribution in [0.2, 0.25) is 0 Å². The van der Waals surface area contributed by atoms with E-state index in [9.17, 15) is 24.6 Å². The number of carboxylic acids is 2. The van der Waals surface area contributed by atoms with Crippen LogP contribution in [0.3, 0.4) is 0 Å². The van der Waals surface area contributed by atoms with Crippen molar-refractivity contribution in [3.63, 3.8) is 0 Å². The number of carbonyl (C=O) groups excluding carboxylic acids is 3. The maximum Gasteiger partial charge on any atom is 1.00 e. The number of carbonyl (C=O) groups is 3. The third-order valence-corrected chi connectivity index (χ3v) is 2.69. The van der Waals surface area contributed by atoms with E-state index in [2.05, 4.69) is 5.32 Å². The van der Waals surface area contributed by atoms with Crippen LogP contribution in [0.5, 0.6) is 0 Å². The van der Waals surface area contributed by atoms with Gasteiger partial charge in [-0.25, -0.2) is 0 Å². The molecule has 0 fully saturated rings. The van der Waals surface area contributed by atoms with Gasteiger partial charge in [0.1, 0.15) is 0 Å². The standard InChI is InChI=1S/C13H16N2O5.2Na/c1-8(16)14-9-3-5-10(6-4-9)15(2)11(13(19)20)7-12(17)18;;/h3-6,11H,7H2,1-2H3,(H,14,16)(H,17,18)(H,19,20);;/q;2*+1/p-2. The molecule has 1 unspecified atom stereocenters. The van der Waals surface area contributed by atoms with E-state index < -0.39 is 24.4 Å². The molecular formula is C13H14N2Na2O5. The minimum atomic E-state index is -1.50. The second-order valence-corrected chi connectivity index (χ2v) is 4.25. The van der Waals surface area contributed by atoms with Crippen molar-refractivity contribution in [1.29, 1.82) is 0 Å². The number of aliphatic carboxylic acids is 2. The van der Waals surface area contributed by atoms with Gasteiger partial charge in [-0.1, -0.05) is 0 Å². The van der Waals surface area contributed by atoms with Crippen LogP contribution in [0.4, 0.5) is 11.4 Å². The predicted molar refractivity (Wildman–Crippen MR) is 67.6 cm³/mol. The number of nitrogens with one attached hydrogen (secondary N) is 1. The SMILES string of the molecule is CC(=O)Nc1ccc(N(C)C(CC(=O)[O-])C(=O)[O-])cc1.[Na+].[Na+]. The molecule has 0 aromatic heterocycles. The van der Waals surface area contributed by atoms with Gasteiger partial charge in [0.05, 0.1) is 12.0 Å². The Balaban J connectivity index is 0. The fourth-order valence-electron chi connectivity index (χ4n) is 1.70. The van der Waals surface area contributed by atoms with Crippen molar-refractivity contribution in [3.05, 3.63) is 24.3 Å². The van der Waals surface area contributed by atoms with E-state index in [0.29, 0.717) is 11.4 Å². The van der Waals surface area contributed by atoms with Crippen LogP contribution in [0.15, 0.2) is 24.3 Å². The Morgan fingerprint density at radius 2 is 1.64 bits per heavy atom. The fourth-order valence-corrected chi connectivity index (χ4v) is 1.70. The number of carboxylic acid groups (broad SMARTS) is 2. The largest absolute Gasteiger partial charge is 1.00 e. The van der Waals surface area contributed by atoms with E-state index in [1.807, 2.05) is 0 Å². The van der Waals surface area contributed by atoms with Crippen LogP contribution < -0.4 is 79.5 Å². The van der Waals surface area contributed by atoms with Crippen LogP contribution in [0, 0.1) is 0 Å². The van der Waals surface area contributed by atoms with Gasteiger partial charge in [-0.05, 0) is 24.3 Å². The zero-order valence-electron chi connectivity index (χ0n) is 13.1. The average Bonchev–Trinajstić information content (AvgIpc) is 2.35. The van der Waals surface area contributed by atoms with E-state index >= 15 is 0 Å². The number of anilines is 2. The van der Waals surface area contributed by atoms with Crippen molar-refractivity contribution in [3.8, 4) is 0 Å². The van der Waals surface area contributed by atoms with E-state index in [4.69, 9.17) is 0 Å². The summed E-state index contributed by atoms with van der Waals surface area (Å²) in [5.74, 6) is -3.20. The molecule has 108 valence electrons. The monoisotopic (exact) mass is 324 g/mol. The summed E-state index contributed by atoms with van der Waals surface area (Å²) in [6.45, 7) is 1.37. The summed E-state index contributed by atoms with van der Waals surface area (Å²) < 4.78 is 0. The van der Waals surface area contributed by atoms with Gasteiger partial charge in [0.2, 0.25) is 5.91 Å². The maximum absolute atomic E-state index is 11.0. The minimum Gasteiger partial charge on any atom is -0.550 e. The predicted octanol–water partition coefficient (Wildman–Crippen LogP) is -7.65. The van der Waals surface area contributed by atoms with Crippen LogP contribution in [0.1, 0.15) is 13.3 Å². The Morgan fingerprint density at radius 3 is 2.00 bits per heavy atom. The van der Waals surface area contributed by atoms with Gasteiger partial charge in [0.15, 0.2) is 0 Å². The number of hydrogen-bond donors (Lipinski definition) is 1. The van der Waals surface area contributed by atoms with Gasteiger partial charge in [-0.3, -0.25) is 4.79 Å². The Labute approximate surface area is 172 Å². The number of amides is 1. The van der Waals surface area contributed by atoms with Crippen LogP contribution in [-0.2, 0) is 14.4 Å². The quantitative estimate of drug-likeness (QED) is 0.520. The van der Waals surface area contributed by atoms with Crippen molar-refractivity contribution < 1.29 is 83.7 Å². The van der Waals surface area contributed by atoms with Crippen molar-refractivity contribution in [2.75, 3.05) is 17.3 Å². The topological polar surface area (TPSA) is 113 Å². The molecule has 0 aliphatic rings. The number of rotatable bonds is 6. The Bertz CT molecular complexity index is 522. The molecular weight excluding hydrogens is 310 g/mol. The molecule has 9 heteroatoms. The van der Waals surface area contributed by atoms with Gasteiger partial charge in [0.25, 0.3) is 0 Å². The Hall–Kier alpha value is -0.570. The first-order valence-corrected chi connectivity index (χ1v) is 5.82. The van der Waals surface area contributed by atoms with Gasteiger partial charge in [0, 0.05) is 37.7 Å². The molecule has 22 heavy (non-hydrogen) atoms. The summed E-state index contributed by atoms with van der Waals surface area (Å²) in [5, 5.41) is 24.1. The van der Waals surface area contributed by atoms with E-state index in [-0.39, 0.29) is 65.0 Å². The molecule has 1 aromatic rings. The second kappa shape index (κ2) is 11.0. The summed E-state index contributed by atoms with van der Waals surface area (Å²) in [4.78, 5) is 33.6. The Kier molecular flexibility index (Phi) is 11.9. The first-order valence-electron chi connectivity index (χ1n) is 5.82. The van der Waals surface area contributed by atoms with E-state index in [1.54, 1.807) is 24.3 Å². The molecule has 7 nitrogen and oxygen atoms in total. The molecule has 0 saturated heterocycles. The maximum atomic E-state index is 11.0. The first-order chi connectivity index (χ1) is 9.31. The third-order valence-electron chi connectivity index (χ3n) is 2.69. The fraction of sp³-hybridized carbons (Fsp3) is 0.308. The summed E-state index contributed by atoms with van der Waals surface area (Å²) in [5.41, 5.74) is 1.04. The van der Waals surface area contributed by atoms with Crippen LogP contribution in [-0.4, -0.2) is 30.9 Å². The van der Waals surface area contributed by atoms with Gasteiger partial charge in [-0.2, -0.15) is 0 Å². The van der Waals surface area contributed by atoms with Crippen molar-refractivity contribution in [2.24, 2.45) is 0 Å². The zero-order chi connectivity index (χ0) is 15.3. The minimum absolute atomic E-state index is 0. The van der Waals surface area contributed by atoms with Crippen molar-refractivity contribution >= 4 is 29.2 Å². The first kappa shape index (κ1) is 23.7. The van der Waals surface area contributed by atoms with Crippen molar-refractivity contribution in [2.45, 2.75) is 19.4 Å². The van der Waals surface area contributed by atoms with Gasteiger partial charge < -0.3 is 30.0 Å². The summed E-state index contributed by atoms with van der Waals surface area (Å²) in [7, 11) is 1.44. The molecule has 1 atom stereocenters. The Morgan fingerprint density at radius 1 is 1.14 bits per heavy atom. The normalized spacial score (nSPS) is 10.5. The van der Waals surface area contributed by atoms with E-state index in [0.717, 1.165) is 0 Å². The van der Waals surface area contributed by atoms with Gasteiger partial charge >= 0.3 is 59.1 Å². The third kappa shape index (κ3) is 7.62. The smallest absolute Gasteiger partial charge is 0.550 e. The van der Waals surface area contributed by atoms with Crippen LogP contribution >= 0.6 is 0 Å². The molecule has 0 radical (unpaired) electrons. The molecule has 1 aromatic carbocycles. The summed E-state index contributed by atoms with van der Waals surface area (Å²) >= 11 is 0. The molecule has 0 aliphatic heterocycles. The van der Waals surface area contributed by atoms with Gasteiger partial charge in [-0.15, -0.1) is 0 Å².